The van der Waals surface area contributed by atoms with Crippen LogP contribution in [0.5, 0.6) is 5.75 Å². The lowest BCUT2D eigenvalue weighted by atomic mass is 10.1. The first-order valence-electron chi connectivity index (χ1n) is 3.60. The largest absolute Gasteiger partial charge is 0.508 e. The van der Waals surface area contributed by atoms with Crippen LogP contribution in [0.2, 0.25) is 0 Å². The maximum absolute atomic E-state index is 10.7. The Morgan fingerprint density at radius 1 is 1.58 bits per heavy atom. The summed E-state index contributed by atoms with van der Waals surface area (Å²) in [5, 5.41) is 8.90. The molecule has 1 aromatic rings. The Bertz CT molecular complexity index is 307. The molecule has 0 amide bonds. The van der Waals surface area contributed by atoms with Gasteiger partial charge in [0.25, 0.3) is 0 Å². The van der Waals surface area contributed by atoms with Gasteiger partial charge in [0, 0.05) is 6.42 Å². The van der Waals surface area contributed by atoms with Gasteiger partial charge in [-0.2, -0.15) is 0 Å². The quantitative estimate of drug-likeness (QED) is 0.683. The molecule has 12 heavy (non-hydrogen) atoms. The second-order valence-corrected chi connectivity index (χ2v) is 3.18. The fourth-order valence-corrected chi connectivity index (χ4v) is 1.21. The zero-order chi connectivity index (χ0) is 9.14. The summed E-state index contributed by atoms with van der Waals surface area (Å²) >= 11 is 3.68. The van der Waals surface area contributed by atoms with Gasteiger partial charge in [-0.25, -0.2) is 0 Å². The monoisotopic (exact) mass is 182 g/mol. The molecular formula is C9H10O2S. The van der Waals surface area contributed by atoms with Gasteiger partial charge in [-0.05, 0) is 30.2 Å². The summed E-state index contributed by atoms with van der Waals surface area (Å²) in [4.78, 5) is 10.7. The molecule has 0 spiro atoms. The van der Waals surface area contributed by atoms with Gasteiger partial charge in [0.2, 0.25) is 0 Å². The third-order valence-electron chi connectivity index (χ3n) is 1.67. The number of aromatic hydroxyl groups is 1. The molecule has 0 aliphatic heterocycles. The van der Waals surface area contributed by atoms with Crippen molar-refractivity contribution >= 4 is 17.7 Å². The topological polar surface area (TPSA) is 37.3 Å². The lowest BCUT2D eigenvalue weighted by Gasteiger charge is -2.02. The van der Waals surface area contributed by atoms with E-state index in [2.05, 4.69) is 12.6 Å². The summed E-state index contributed by atoms with van der Waals surface area (Å²) in [5.74, 6) is 0.225. The lowest BCUT2D eigenvalue weighted by molar-refractivity contribution is -0.110. The molecule has 0 radical (unpaired) electrons. The van der Waals surface area contributed by atoms with Gasteiger partial charge in [0.05, 0.1) is 0 Å². The highest BCUT2D eigenvalue weighted by molar-refractivity contribution is 7.96. The van der Waals surface area contributed by atoms with Gasteiger partial charge in [0.1, 0.15) is 5.75 Å². The van der Waals surface area contributed by atoms with E-state index >= 15 is 0 Å². The fourth-order valence-electron chi connectivity index (χ4n) is 1.04. The zero-order valence-corrected chi connectivity index (χ0v) is 7.64. The van der Waals surface area contributed by atoms with Crippen LogP contribution in [0.1, 0.15) is 11.1 Å². The van der Waals surface area contributed by atoms with Crippen molar-refractivity contribution in [2.24, 2.45) is 0 Å². The van der Waals surface area contributed by atoms with Gasteiger partial charge in [0.15, 0.2) is 5.12 Å². The molecular weight excluding hydrogens is 172 g/mol. The molecule has 0 saturated heterocycles. The second kappa shape index (κ2) is 3.63. The highest BCUT2D eigenvalue weighted by atomic mass is 32.1. The van der Waals surface area contributed by atoms with Crippen molar-refractivity contribution in [3.63, 3.8) is 0 Å². The minimum atomic E-state index is -0.163. The van der Waals surface area contributed by atoms with Crippen LogP contribution >= 0.6 is 12.6 Å². The van der Waals surface area contributed by atoms with E-state index in [-0.39, 0.29) is 10.9 Å². The van der Waals surface area contributed by atoms with E-state index in [0.717, 1.165) is 11.1 Å². The van der Waals surface area contributed by atoms with Crippen LogP contribution in [0.3, 0.4) is 0 Å². The molecule has 0 atom stereocenters. The van der Waals surface area contributed by atoms with E-state index < -0.39 is 0 Å². The molecule has 0 unspecified atom stereocenters. The Balaban J connectivity index is 2.93. The average molecular weight is 182 g/mol. The summed E-state index contributed by atoms with van der Waals surface area (Å²) in [6, 6.07) is 4.93. The summed E-state index contributed by atoms with van der Waals surface area (Å²) in [7, 11) is 0. The highest BCUT2D eigenvalue weighted by Gasteiger charge is 2.02. The highest BCUT2D eigenvalue weighted by Crippen LogP contribution is 2.16. The molecule has 0 saturated carbocycles. The van der Waals surface area contributed by atoms with Crippen LogP contribution in [-0.2, 0) is 11.2 Å². The number of thiol groups is 1. The van der Waals surface area contributed by atoms with Crippen LogP contribution in [0.25, 0.3) is 0 Å². The van der Waals surface area contributed by atoms with E-state index in [1.165, 1.54) is 0 Å². The number of hydrogen-bond donors (Lipinski definition) is 2. The molecule has 0 bridgehead atoms. The van der Waals surface area contributed by atoms with Gasteiger partial charge in [-0.1, -0.05) is 6.07 Å². The van der Waals surface area contributed by atoms with Crippen molar-refractivity contribution in [1.29, 1.82) is 0 Å². The Morgan fingerprint density at radius 3 is 2.75 bits per heavy atom. The Hall–Kier alpha value is -0.960. The molecule has 0 fully saturated rings. The average Bonchev–Trinajstić information content (AvgIpc) is 1.94. The van der Waals surface area contributed by atoms with Gasteiger partial charge in [-0.15, -0.1) is 12.6 Å². The normalized spacial score (nSPS) is 9.83. The number of benzene rings is 1. The first-order valence-corrected chi connectivity index (χ1v) is 4.04. The number of aryl methyl sites for hydroxylation is 1. The van der Waals surface area contributed by atoms with Crippen molar-refractivity contribution in [2.45, 2.75) is 13.3 Å². The third-order valence-corrected chi connectivity index (χ3v) is 1.83. The smallest absolute Gasteiger partial charge is 0.190 e. The molecule has 1 rings (SSSR count). The van der Waals surface area contributed by atoms with Crippen LogP contribution in [-0.4, -0.2) is 10.2 Å². The summed E-state index contributed by atoms with van der Waals surface area (Å²) in [6.07, 6.45) is 0.315. The Kier molecular flexibility index (Phi) is 2.76. The molecule has 0 aliphatic rings. The van der Waals surface area contributed by atoms with Crippen molar-refractivity contribution in [3.8, 4) is 5.75 Å². The van der Waals surface area contributed by atoms with E-state index in [0.29, 0.717) is 6.42 Å². The number of rotatable bonds is 2. The van der Waals surface area contributed by atoms with Crippen LogP contribution in [0, 0.1) is 6.92 Å². The van der Waals surface area contributed by atoms with Gasteiger partial charge in [-0.3, -0.25) is 4.79 Å². The Labute approximate surface area is 76.6 Å². The zero-order valence-electron chi connectivity index (χ0n) is 6.74. The number of carbonyl (C=O) groups is 1. The SMILES string of the molecule is Cc1cc(O)ccc1CC(=O)S. The van der Waals surface area contributed by atoms with Crippen molar-refractivity contribution < 1.29 is 9.90 Å². The number of phenols is 1. The molecule has 0 aliphatic carbocycles. The fraction of sp³-hybridized carbons (Fsp3) is 0.222. The van der Waals surface area contributed by atoms with E-state index in [1.807, 2.05) is 6.92 Å². The second-order valence-electron chi connectivity index (χ2n) is 2.68. The molecule has 64 valence electrons. The number of carbonyl (C=O) groups excluding carboxylic acids is 1. The molecule has 2 nitrogen and oxygen atoms in total. The van der Waals surface area contributed by atoms with E-state index in [4.69, 9.17) is 5.11 Å². The van der Waals surface area contributed by atoms with Crippen molar-refractivity contribution in [1.82, 2.24) is 0 Å². The molecule has 0 aromatic heterocycles. The third kappa shape index (κ3) is 2.27. The number of hydrogen-bond acceptors (Lipinski definition) is 2. The maximum Gasteiger partial charge on any atom is 0.190 e. The maximum atomic E-state index is 10.7. The summed E-state index contributed by atoms with van der Waals surface area (Å²) in [5.41, 5.74) is 1.82. The summed E-state index contributed by atoms with van der Waals surface area (Å²) < 4.78 is 0. The predicted octanol–water partition coefficient (Wildman–Crippen LogP) is 1.70. The first-order chi connectivity index (χ1) is 5.59. The lowest BCUT2D eigenvalue weighted by Crippen LogP contribution is -1.95. The van der Waals surface area contributed by atoms with Crippen LogP contribution in [0.4, 0.5) is 0 Å². The standard InChI is InChI=1S/C9H10O2S/c1-6-4-8(10)3-2-7(6)5-9(11)12/h2-4,10H,5H2,1H3,(H,11,12). The molecule has 1 aromatic carbocycles. The van der Waals surface area contributed by atoms with Crippen LogP contribution in [0.15, 0.2) is 18.2 Å². The number of phenolic OH excluding ortho intramolecular Hbond substituents is 1. The molecule has 1 N–H and O–H groups in total. The van der Waals surface area contributed by atoms with E-state index in [1.54, 1.807) is 18.2 Å². The van der Waals surface area contributed by atoms with Crippen LogP contribution < -0.4 is 0 Å². The minimum Gasteiger partial charge on any atom is -0.508 e. The van der Waals surface area contributed by atoms with Gasteiger partial charge >= 0.3 is 0 Å². The molecule has 0 heterocycles. The Morgan fingerprint density at radius 2 is 2.25 bits per heavy atom. The predicted molar refractivity (Wildman–Crippen MR) is 50.5 cm³/mol. The summed E-state index contributed by atoms with van der Waals surface area (Å²) in [6.45, 7) is 1.85. The van der Waals surface area contributed by atoms with Crippen molar-refractivity contribution in [2.75, 3.05) is 0 Å². The minimum absolute atomic E-state index is 0.163. The first kappa shape index (κ1) is 9.13. The molecule has 3 heteroatoms. The van der Waals surface area contributed by atoms with Gasteiger partial charge < -0.3 is 5.11 Å². The van der Waals surface area contributed by atoms with Crippen molar-refractivity contribution in [3.05, 3.63) is 29.3 Å². The van der Waals surface area contributed by atoms with E-state index in [9.17, 15) is 4.79 Å².